The lowest BCUT2D eigenvalue weighted by molar-refractivity contribution is -0.140. The van der Waals surface area contributed by atoms with Crippen molar-refractivity contribution in [2.75, 3.05) is 43.9 Å². The van der Waals surface area contributed by atoms with Crippen molar-refractivity contribution < 1.29 is 46.5 Å². The van der Waals surface area contributed by atoms with Crippen molar-refractivity contribution in [3.63, 3.8) is 0 Å². The predicted octanol–water partition coefficient (Wildman–Crippen LogP) is 0.979. The largest absolute Gasteiger partial charge is 0.460 e. The topological polar surface area (TPSA) is 143 Å². The number of amides is 1. The molecule has 0 aliphatic carbocycles. The molecule has 0 radical (unpaired) electrons. The minimum absolute atomic E-state index is 0.0235. The second kappa shape index (κ2) is 12.2. The first kappa shape index (κ1) is 26.2. The van der Waals surface area contributed by atoms with Crippen molar-refractivity contribution in [3.05, 3.63) is 42.0 Å². The van der Waals surface area contributed by atoms with E-state index in [0.29, 0.717) is 9.88 Å². The standard InChI is InChI=1S/C21H25NO10S/c1-15(2)20(25)31-13-11-29-9-10-30-12-14-32-21(26)16-3-5-17(6-4-16)22-18(23)7-8-19(24)33(22,27)28/h3-6H,1,7-14H2,2H3. The molecule has 0 N–H and O–H groups in total. The number of benzene rings is 1. The molecule has 11 nitrogen and oxygen atoms in total. The van der Waals surface area contributed by atoms with Crippen LogP contribution in [0.3, 0.4) is 0 Å². The first-order valence-corrected chi connectivity index (χ1v) is 11.4. The van der Waals surface area contributed by atoms with Gasteiger partial charge in [-0.05, 0) is 31.2 Å². The van der Waals surface area contributed by atoms with Crippen LogP contribution >= 0.6 is 0 Å². The summed E-state index contributed by atoms with van der Waals surface area (Å²) in [7, 11) is -4.40. The minimum Gasteiger partial charge on any atom is -0.460 e. The molecule has 0 bridgehead atoms. The molecule has 0 spiro atoms. The molecule has 1 aliphatic rings. The highest BCUT2D eigenvalue weighted by molar-refractivity contribution is 8.08. The summed E-state index contributed by atoms with van der Waals surface area (Å²) in [5.74, 6) is -1.85. The summed E-state index contributed by atoms with van der Waals surface area (Å²) in [5, 5.41) is -1.03. The molecule has 1 aliphatic heterocycles. The van der Waals surface area contributed by atoms with Gasteiger partial charge in [0.1, 0.15) is 13.2 Å². The van der Waals surface area contributed by atoms with E-state index in [1.54, 1.807) is 6.92 Å². The van der Waals surface area contributed by atoms with Gasteiger partial charge >= 0.3 is 22.0 Å². The van der Waals surface area contributed by atoms with Crippen LogP contribution in [-0.2, 0) is 43.4 Å². The van der Waals surface area contributed by atoms with Gasteiger partial charge in [0, 0.05) is 18.4 Å². The summed E-state index contributed by atoms with van der Waals surface area (Å²) < 4.78 is 45.1. The number of anilines is 1. The van der Waals surface area contributed by atoms with Crippen LogP contribution in [0.15, 0.2) is 36.4 Å². The number of nitrogens with zero attached hydrogens (tertiary/aromatic N) is 1. The monoisotopic (exact) mass is 483 g/mol. The Morgan fingerprint density at radius 1 is 0.909 bits per heavy atom. The number of carbonyl (C=O) groups excluding carboxylic acids is 4. The number of hydrogen-bond donors (Lipinski definition) is 0. The molecule has 0 unspecified atom stereocenters. The lowest BCUT2D eigenvalue weighted by atomic mass is 10.2. The van der Waals surface area contributed by atoms with Crippen molar-refractivity contribution >= 4 is 38.7 Å². The van der Waals surface area contributed by atoms with Gasteiger partial charge in [-0.25, -0.2) is 13.9 Å². The van der Waals surface area contributed by atoms with Crippen molar-refractivity contribution in [3.8, 4) is 0 Å². The maximum atomic E-state index is 12.1. The summed E-state index contributed by atoms with van der Waals surface area (Å²) >= 11 is 0. The maximum Gasteiger partial charge on any atom is 0.338 e. The Morgan fingerprint density at radius 3 is 2.03 bits per heavy atom. The van der Waals surface area contributed by atoms with Gasteiger partial charge in [0.15, 0.2) is 0 Å². The fraction of sp³-hybridized carbons (Fsp3) is 0.429. The van der Waals surface area contributed by atoms with Crippen LogP contribution in [0.4, 0.5) is 5.69 Å². The molecule has 180 valence electrons. The SMILES string of the molecule is C=C(C)C(=O)OCCOCCOCCOC(=O)c1ccc(N2C(=O)CCC(=O)S2(=O)=O)cc1. The Labute approximate surface area is 191 Å². The molecule has 1 saturated heterocycles. The lowest BCUT2D eigenvalue weighted by Crippen LogP contribution is -2.45. The third-order valence-corrected chi connectivity index (χ3v) is 5.95. The van der Waals surface area contributed by atoms with Crippen LogP contribution in [0.5, 0.6) is 0 Å². The van der Waals surface area contributed by atoms with Crippen LogP contribution in [0.25, 0.3) is 0 Å². The molecule has 0 saturated carbocycles. The highest BCUT2D eigenvalue weighted by Gasteiger charge is 2.40. The number of esters is 2. The molecule has 12 heteroatoms. The van der Waals surface area contributed by atoms with Crippen molar-refractivity contribution in [2.24, 2.45) is 0 Å². The van der Waals surface area contributed by atoms with Crippen LogP contribution in [0.1, 0.15) is 30.1 Å². The summed E-state index contributed by atoms with van der Waals surface area (Å²) in [4.78, 5) is 46.8. The highest BCUT2D eigenvalue weighted by Crippen LogP contribution is 2.25. The zero-order chi connectivity index (χ0) is 24.4. The van der Waals surface area contributed by atoms with E-state index >= 15 is 0 Å². The maximum absolute atomic E-state index is 12.1. The van der Waals surface area contributed by atoms with Crippen LogP contribution in [-0.4, -0.2) is 71.0 Å². The molecule has 0 aromatic heterocycles. The second-order valence-electron chi connectivity index (χ2n) is 6.86. The lowest BCUT2D eigenvalue weighted by Gasteiger charge is -2.25. The minimum atomic E-state index is -4.40. The molecule has 1 aromatic rings. The van der Waals surface area contributed by atoms with Gasteiger partial charge in [-0.1, -0.05) is 6.58 Å². The molecule has 1 heterocycles. The Balaban J connectivity index is 1.67. The Morgan fingerprint density at radius 2 is 1.45 bits per heavy atom. The van der Waals surface area contributed by atoms with E-state index in [0.717, 1.165) is 0 Å². The molecule has 0 atom stereocenters. The third kappa shape index (κ3) is 7.48. The van der Waals surface area contributed by atoms with Gasteiger partial charge in [0.05, 0.1) is 37.7 Å². The van der Waals surface area contributed by atoms with Gasteiger partial charge in [-0.3, -0.25) is 9.59 Å². The Bertz CT molecular complexity index is 1000. The quantitative estimate of drug-likeness (QED) is 0.240. The van der Waals surface area contributed by atoms with Gasteiger partial charge in [-0.15, -0.1) is 0 Å². The number of ether oxygens (including phenoxy) is 4. The van der Waals surface area contributed by atoms with Crippen molar-refractivity contribution in [2.45, 2.75) is 19.8 Å². The van der Waals surface area contributed by atoms with Gasteiger partial charge in [0.2, 0.25) is 5.91 Å². The first-order valence-electron chi connectivity index (χ1n) is 10.0. The number of sulfonamides is 1. The average Bonchev–Trinajstić information content (AvgIpc) is 2.77. The van der Waals surface area contributed by atoms with E-state index in [1.165, 1.54) is 24.3 Å². The number of hydrogen-bond acceptors (Lipinski definition) is 10. The van der Waals surface area contributed by atoms with E-state index in [-0.39, 0.29) is 63.7 Å². The molecule has 2 rings (SSSR count). The highest BCUT2D eigenvalue weighted by atomic mass is 32.2. The van der Waals surface area contributed by atoms with E-state index in [2.05, 4.69) is 6.58 Å². The van der Waals surface area contributed by atoms with E-state index in [1.807, 2.05) is 0 Å². The third-order valence-electron chi connectivity index (χ3n) is 4.28. The molecule has 1 amide bonds. The van der Waals surface area contributed by atoms with Gasteiger partial charge in [-0.2, -0.15) is 8.42 Å². The molecule has 33 heavy (non-hydrogen) atoms. The summed E-state index contributed by atoms with van der Waals surface area (Å²) in [6.07, 6.45) is -0.545. The van der Waals surface area contributed by atoms with Gasteiger partial charge < -0.3 is 18.9 Å². The number of rotatable bonds is 12. The summed E-state index contributed by atoms with van der Waals surface area (Å²) in [6, 6.07) is 5.11. The Kier molecular flexibility index (Phi) is 9.70. The summed E-state index contributed by atoms with van der Waals surface area (Å²) in [5.41, 5.74) is 0.423. The van der Waals surface area contributed by atoms with Gasteiger partial charge in [0.25, 0.3) is 5.12 Å². The molecule has 1 aromatic carbocycles. The average molecular weight is 483 g/mol. The predicted molar refractivity (Wildman–Crippen MR) is 115 cm³/mol. The van der Waals surface area contributed by atoms with Crippen LogP contribution in [0, 0.1) is 0 Å². The van der Waals surface area contributed by atoms with E-state index < -0.39 is 33.0 Å². The number of carbonyl (C=O) groups is 4. The zero-order valence-electron chi connectivity index (χ0n) is 18.1. The van der Waals surface area contributed by atoms with Crippen LogP contribution in [0.2, 0.25) is 0 Å². The fourth-order valence-electron chi connectivity index (χ4n) is 2.61. The molecule has 1 fully saturated rings. The van der Waals surface area contributed by atoms with Crippen LogP contribution < -0.4 is 4.31 Å². The van der Waals surface area contributed by atoms with E-state index in [4.69, 9.17) is 18.9 Å². The van der Waals surface area contributed by atoms with Crippen molar-refractivity contribution in [1.29, 1.82) is 0 Å². The normalized spacial score (nSPS) is 15.2. The zero-order valence-corrected chi connectivity index (χ0v) is 18.9. The molecular weight excluding hydrogens is 458 g/mol. The smallest absolute Gasteiger partial charge is 0.338 e. The second-order valence-corrected chi connectivity index (χ2v) is 8.63. The first-order chi connectivity index (χ1) is 15.6. The molecular formula is C21H25NO10S. The summed E-state index contributed by atoms with van der Waals surface area (Å²) in [6.45, 7) is 5.94. The Hall–Kier alpha value is -3.09. The van der Waals surface area contributed by atoms with Crippen molar-refractivity contribution in [1.82, 2.24) is 0 Å². The fourth-order valence-corrected chi connectivity index (χ4v) is 3.93. The van der Waals surface area contributed by atoms with E-state index in [9.17, 15) is 27.6 Å².